The average molecular weight is 271 g/mol. The Kier molecular flexibility index (Phi) is 5.09. The SMILES string of the molecule is CC(C)N(CCC(=O)O)C(=O)c1cccnc1Cl. The molecule has 0 aromatic carbocycles. The van der Waals surface area contributed by atoms with Crippen LogP contribution in [0, 0.1) is 0 Å². The molecule has 0 atom stereocenters. The van der Waals surface area contributed by atoms with Crippen molar-refractivity contribution in [1.29, 1.82) is 0 Å². The van der Waals surface area contributed by atoms with Crippen LogP contribution in [-0.4, -0.2) is 39.5 Å². The molecule has 1 amide bonds. The van der Waals surface area contributed by atoms with Crippen LogP contribution in [0.1, 0.15) is 30.6 Å². The number of nitrogens with zero attached hydrogens (tertiary/aromatic N) is 2. The second-order valence-electron chi connectivity index (χ2n) is 4.08. The van der Waals surface area contributed by atoms with Crippen LogP contribution in [0.4, 0.5) is 0 Å². The highest BCUT2D eigenvalue weighted by atomic mass is 35.5. The molecule has 1 rings (SSSR count). The van der Waals surface area contributed by atoms with E-state index < -0.39 is 5.97 Å². The number of pyridine rings is 1. The van der Waals surface area contributed by atoms with Gasteiger partial charge in [0, 0.05) is 18.8 Å². The minimum absolute atomic E-state index is 0.0954. The van der Waals surface area contributed by atoms with Crippen molar-refractivity contribution >= 4 is 23.5 Å². The topological polar surface area (TPSA) is 70.5 Å². The summed E-state index contributed by atoms with van der Waals surface area (Å²) in [6.45, 7) is 3.80. The smallest absolute Gasteiger partial charge is 0.305 e. The van der Waals surface area contributed by atoms with E-state index in [1.54, 1.807) is 12.1 Å². The van der Waals surface area contributed by atoms with Crippen molar-refractivity contribution in [2.24, 2.45) is 0 Å². The summed E-state index contributed by atoms with van der Waals surface area (Å²) in [5.74, 6) is -1.24. The van der Waals surface area contributed by atoms with Crippen LogP contribution >= 0.6 is 11.6 Å². The first-order valence-electron chi connectivity index (χ1n) is 5.56. The molecule has 0 spiro atoms. The lowest BCUT2D eigenvalue weighted by Crippen LogP contribution is -2.38. The molecule has 1 aromatic rings. The lowest BCUT2D eigenvalue weighted by atomic mass is 10.2. The summed E-state index contributed by atoms with van der Waals surface area (Å²) in [7, 11) is 0. The van der Waals surface area contributed by atoms with E-state index in [-0.39, 0.29) is 30.1 Å². The summed E-state index contributed by atoms with van der Waals surface area (Å²) in [5.41, 5.74) is 0.290. The van der Waals surface area contributed by atoms with Crippen LogP contribution in [0.2, 0.25) is 5.15 Å². The van der Waals surface area contributed by atoms with E-state index in [1.807, 2.05) is 13.8 Å². The summed E-state index contributed by atoms with van der Waals surface area (Å²) in [6, 6.07) is 3.09. The molecule has 0 saturated carbocycles. The first-order chi connectivity index (χ1) is 8.43. The fourth-order valence-electron chi connectivity index (χ4n) is 1.51. The van der Waals surface area contributed by atoms with Crippen LogP contribution in [0.15, 0.2) is 18.3 Å². The number of amides is 1. The zero-order chi connectivity index (χ0) is 13.7. The maximum Gasteiger partial charge on any atom is 0.305 e. The van der Waals surface area contributed by atoms with E-state index in [2.05, 4.69) is 4.98 Å². The van der Waals surface area contributed by atoms with Crippen LogP contribution < -0.4 is 0 Å². The second-order valence-corrected chi connectivity index (χ2v) is 4.44. The number of hydrogen-bond acceptors (Lipinski definition) is 3. The largest absolute Gasteiger partial charge is 0.481 e. The molecule has 0 unspecified atom stereocenters. The highest BCUT2D eigenvalue weighted by molar-refractivity contribution is 6.32. The third-order valence-corrected chi connectivity index (χ3v) is 2.74. The lowest BCUT2D eigenvalue weighted by molar-refractivity contribution is -0.137. The van der Waals surface area contributed by atoms with E-state index >= 15 is 0 Å². The van der Waals surface area contributed by atoms with Gasteiger partial charge >= 0.3 is 5.97 Å². The predicted molar refractivity (Wildman–Crippen MR) is 67.7 cm³/mol. The molecule has 0 radical (unpaired) electrons. The third kappa shape index (κ3) is 3.70. The molecular weight excluding hydrogens is 256 g/mol. The molecule has 0 bridgehead atoms. The molecule has 0 saturated heterocycles. The number of aromatic nitrogens is 1. The van der Waals surface area contributed by atoms with Gasteiger partial charge in [-0.2, -0.15) is 0 Å². The molecule has 5 nitrogen and oxygen atoms in total. The molecule has 1 heterocycles. The Bertz CT molecular complexity index is 449. The van der Waals surface area contributed by atoms with Crippen molar-refractivity contribution in [1.82, 2.24) is 9.88 Å². The molecule has 0 aliphatic heterocycles. The predicted octanol–water partition coefficient (Wildman–Crippen LogP) is 2.06. The van der Waals surface area contributed by atoms with Gasteiger partial charge in [0.05, 0.1) is 12.0 Å². The maximum atomic E-state index is 12.2. The zero-order valence-electron chi connectivity index (χ0n) is 10.3. The number of rotatable bonds is 5. The minimum Gasteiger partial charge on any atom is -0.481 e. The first kappa shape index (κ1) is 14.4. The van der Waals surface area contributed by atoms with Crippen LogP contribution in [0.3, 0.4) is 0 Å². The number of carboxylic acids is 1. The first-order valence-corrected chi connectivity index (χ1v) is 5.94. The van der Waals surface area contributed by atoms with Gasteiger partial charge in [-0.15, -0.1) is 0 Å². The number of carbonyl (C=O) groups is 2. The highest BCUT2D eigenvalue weighted by Gasteiger charge is 2.21. The van der Waals surface area contributed by atoms with E-state index in [9.17, 15) is 9.59 Å². The fourth-order valence-corrected chi connectivity index (χ4v) is 1.71. The Labute approximate surface area is 110 Å². The lowest BCUT2D eigenvalue weighted by Gasteiger charge is -2.26. The summed E-state index contributed by atoms with van der Waals surface area (Å²) in [6.07, 6.45) is 1.40. The normalized spacial score (nSPS) is 10.4. The van der Waals surface area contributed by atoms with Crippen molar-refractivity contribution in [3.8, 4) is 0 Å². The molecule has 1 aromatic heterocycles. The van der Waals surface area contributed by atoms with Crippen molar-refractivity contribution in [2.75, 3.05) is 6.54 Å². The Morgan fingerprint density at radius 3 is 2.67 bits per heavy atom. The molecule has 98 valence electrons. The molecule has 6 heteroatoms. The van der Waals surface area contributed by atoms with Crippen molar-refractivity contribution in [3.05, 3.63) is 29.0 Å². The Balaban J connectivity index is 2.90. The molecule has 0 fully saturated rings. The average Bonchev–Trinajstić information content (AvgIpc) is 2.28. The van der Waals surface area contributed by atoms with Gasteiger partial charge in [0.25, 0.3) is 5.91 Å². The summed E-state index contributed by atoms with van der Waals surface area (Å²) in [4.78, 5) is 28.1. The fraction of sp³-hybridized carbons (Fsp3) is 0.417. The molecular formula is C12H15ClN2O3. The van der Waals surface area contributed by atoms with E-state index in [4.69, 9.17) is 16.7 Å². The van der Waals surface area contributed by atoms with Gasteiger partial charge in [0.15, 0.2) is 0 Å². The zero-order valence-corrected chi connectivity index (χ0v) is 11.0. The van der Waals surface area contributed by atoms with Crippen molar-refractivity contribution < 1.29 is 14.7 Å². The number of carboxylic acid groups (broad SMARTS) is 1. The van der Waals surface area contributed by atoms with E-state index in [0.29, 0.717) is 5.56 Å². The van der Waals surface area contributed by atoms with Crippen LogP contribution in [-0.2, 0) is 4.79 Å². The number of aliphatic carboxylic acids is 1. The summed E-state index contributed by atoms with van der Waals surface area (Å²) >= 11 is 5.86. The van der Waals surface area contributed by atoms with Gasteiger partial charge in [-0.25, -0.2) is 4.98 Å². The van der Waals surface area contributed by atoms with Gasteiger partial charge in [-0.05, 0) is 26.0 Å². The minimum atomic E-state index is -0.939. The van der Waals surface area contributed by atoms with Gasteiger partial charge in [0.2, 0.25) is 0 Å². The second kappa shape index (κ2) is 6.35. The third-order valence-electron chi connectivity index (χ3n) is 2.44. The monoisotopic (exact) mass is 270 g/mol. The van der Waals surface area contributed by atoms with Crippen LogP contribution in [0.25, 0.3) is 0 Å². The maximum absolute atomic E-state index is 12.2. The van der Waals surface area contributed by atoms with Gasteiger partial charge in [-0.3, -0.25) is 9.59 Å². The van der Waals surface area contributed by atoms with Crippen molar-refractivity contribution in [3.63, 3.8) is 0 Å². The number of carbonyl (C=O) groups excluding carboxylic acids is 1. The highest BCUT2D eigenvalue weighted by Crippen LogP contribution is 2.16. The van der Waals surface area contributed by atoms with Gasteiger partial charge in [0.1, 0.15) is 5.15 Å². The van der Waals surface area contributed by atoms with Crippen molar-refractivity contribution in [2.45, 2.75) is 26.3 Å². The van der Waals surface area contributed by atoms with E-state index in [0.717, 1.165) is 0 Å². The quantitative estimate of drug-likeness (QED) is 0.832. The summed E-state index contributed by atoms with van der Waals surface area (Å²) in [5, 5.41) is 8.80. The van der Waals surface area contributed by atoms with Gasteiger partial charge in [-0.1, -0.05) is 11.6 Å². The molecule has 18 heavy (non-hydrogen) atoms. The Hall–Kier alpha value is -1.62. The standard InChI is InChI=1S/C12H15ClN2O3/c1-8(2)15(7-5-10(16)17)12(18)9-4-3-6-14-11(9)13/h3-4,6,8H,5,7H2,1-2H3,(H,16,17). The van der Waals surface area contributed by atoms with E-state index in [1.165, 1.54) is 11.1 Å². The summed E-state index contributed by atoms with van der Waals surface area (Å²) < 4.78 is 0. The molecule has 0 aliphatic rings. The number of hydrogen-bond donors (Lipinski definition) is 1. The van der Waals surface area contributed by atoms with Gasteiger partial charge < -0.3 is 10.0 Å². The van der Waals surface area contributed by atoms with Crippen LogP contribution in [0.5, 0.6) is 0 Å². The number of halogens is 1. The Morgan fingerprint density at radius 1 is 1.50 bits per heavy atom. The Morgan fingerprint density at radius 2 is 2.17 bits per heavy atom. The molecule has 0 aliphatic carbocycles. The molecule has 1 N–H and O–H groups in total.